The summed E-state index contributed by atoms with van der Waals surface area (Å²) in [5, 5.41) is 1.79. The summed E-state index contributed by atoms with van der Waals surface area (Å²) in [6.07, 6.45) is -0.194. The largest absolute Gasteiger partial charge is 0.369 e. The number of Topliss-reactive ketones (excluding diaryl/α,β-unsaturated/α-hetero) is 1. The molecule has 4 heteroatoms. The van der Waals surface area contributed by atoms with Crippen LogP contribution in [0.2, 0.25) is 0 Å². The maximum atomic E-state index is 11.0. The van der Waals surface area contributed by atoms with Crippen LogP contribution in [0.5, 0.6) is 0 Å². The Hall–Kier alpha value is -1.16. The van der Waals surface area contributed by atoms with E-state index < -0.39 is 5.91 Å². The van der Waals surface area contributed by atoms with Gasteiger partial charge in [0, 0.05) is 0 Å². The molecule has 0 atom stereocenters. The number of hydrogen-bond acceptors (Lipinski definition) is 3. The molecule has 1 aromatic rings. The molecule has 0 aliphatic carbocycles. The highest BCUT2D eigenvalue weighted by molar-refractivity contribution is 7.12. The van der Waals surface area contributed by atoms with E-state index in [2.05, 4.69) is 0 Å². The summed E-state index contributed by atoms with van der Waals surface area (Å²) in [6.45, 7) is 0. The first kappa shape index (κ1) is 7.94. The van der Waals surface area contributed by atoms with Crippen molar-refractivity contribution in [3.8, 4) is 0 Å². The molecule has 0 saturated heterocycles. The average molecular weight is 169 g/mol. The van der Waals surface area contributed by atoms with Gasteiger partial charge in [-0.05, 0) is 11.4 Å². The summed E-state index contributed by atoms with van der Waals surface area (Å²) in [7, 11) is 0. The molecule has 0 aliphatic rings. The molecule has 0 fully saturated rings. The predicted molar refractivity (Wildman–Crippen MR) is 42.5 cm³/mol. The minimum atomic E-state index is -0.580. The molecule has 0 bridgehead atoms. The molecular weight excluding hydrogens is 162 g/mol. The highest BCUT2D eigenvalue weighted by atomic mass is 32.1. The summed E-state index contributed by atoms with van der Waals surface area (Å²) in [5.74, 6) is -0.782. The first-order valence-electron chi connectivity index (χ1n) is 3.05. The second kappa shape index (κ2) is 3.30. The van der Waals surface area contributed by atoms with Crippen LogP contribution in [-0.4, -0.2) is 11.7 Å². The van der Waals surface area contributed by atoms with Gasteiger partial charge in [0.2, 0.25) is 5.91 Å². The van der Waals surface area contributed by atoms with E-state index in [-0.39, 0.29) is 12.2 Å². The highest BCUT2D eigenvalue weighted by Gasteiger charge is 2.08. The van der Waals surface area contributed by atoms with Gasteiger partial charge in [0.1, 0.15) is 0 Å². The van der Waals surface area contributed by atoms with Gasteiger partial charge in [0.25, 0.3) is 0 Å². The molecule has 2 N–H and O–H groups in total. The summed E-state index contributed by atoms with van der Waals surface area (Å²) < 4.78 is 0. The third-order valence-electron chi connectivity index (χ3n) is 1.13. The zero-order chi connectivity index (χ0) is 8.27. The van der Waals surface area contributed by atoms with Crippen LogP contribution in [0.25, 0.3) is 0 Å². The first-order valence-corrected chi connectivity index (χ1v) is 3.93. The minimum absolute atomic E-state index is 0.194. The van der Waals surface area contributed by atoms with Crippen LogP contribution in [0.15, 0.2) is 17.5 Å². The molecule has 0 radical (unpaired) electrons. The molecule has 11 heavy (non-hydrogen) atoms. The monoisotopic (exact) mass is 169 g/mol. The van der Waals surface area contributed by atoms with Crippen LogP contribution >= 0.6 is 11.3 Å². The third kappa shape index (κ3) is 2.16. The van der Waals surface area contributed by atoms with E-state index in [4.69, 9.17) is 5.73 Å². The summed E-state index contributed by atoms with van der Waals surface area (Å²) in [4.78, 5) is 21.9. The number of carbonyl (C=O) groups excluding carboxylic acids is 2. The topological polar surface area (TPSA) is 60.2 Å². The second-order valence-electron chi connectivity index (χ2n) is 2.04. The third-order valence-corrected chi connectivity index (χ3v) is 2.04. The van der Waals surface area contributed by atoms with E-state index in [1.165, 1.54) is 11.3 Å². The molecule has 0 aliphatic heterocycles. The fourth-order valence-corrected chi connectivity index (χ4v) is 1.35. The maximum absolute atomic E-state index is 11.0. The molecule has 1 rings (SSSR count). The first-order chi connectivity index (χ1) is 5.20. The molecule has 3 nitrogen and oxygen atoms in total. The van der Waals surface area contributed by atoms with Crippen molar-refractivity contribution in [1.29, 1.82) is 0 Å². The van der Waals surface area contributed by atoms with Crippen molar-refractivity contribution in [2.45, 2.75) is 6.42 Å². The molecule has 0 unspecified atom stereocenters. The Morgan fingerprint density at radius 2 is 2.27 bits per heavy atom. The number of rotatable bonds is 3. The Labute approximate surface area is 67.8 Å². The highest BCUT2D eigenvalue weighted by Crippen LogP contribution is 2.10. The SMILES string of the molecule is NC(=O)CC(=O)c1cccs1. The van der Waals surface area contributed by atoms with E-state index in [1.807, 2.05) is 0 Å². The fourth-order valence-electron chi connectivity index (χ4n) is 0.683. The van der Waals surface area contributed by atoms with Crippen molar-refractivity contribution in [2.24, 2.45) is 5.73 Å². The molecule has 1 amide bonds. The number of amides is 1. The zero-order valence-electron chi connectivity index (χ0n) is 5.74. The van der Waals surface area contributed by atoms with E-state index in [0.717, 1.165) is 0 Å². The van der Waals surface area contributed by atoms with Gasteiger partial charge in [-0.2, -0.15) is 0 Å². The molecule has 0 aromatic carbocycles. The van der Waals surface area contributed by atoms with Crippen LogP contribution in [0.1, 0.15) is 16.1 Å². The molecule has 0 spiro atoms. The lowest BCUT2D eigenvalue weighted by Crippen LogP contribution is -2.15. The van der Waals surface area contributed by atoms with E-state index in [9.17, 15) is 9.59 Å². The summed E-state index contributed by atoms with van der Waals surface area (Å²) >= 11 is 1.32. The van der Waals surface area contributed by atoms with Gasteiger partial charge >= 0.3 is 0 Å². The van der Waals surface area contributed by atoms with Crippen LogP contribution in [0.3, 0.4) is 0 Å². The van der Waals surface area contributed by atoms with E-state index in [0.29, 0.717) is 4.88 Å². The Morgan fingerprint density at radius 1 is 1.55 bits per heavy atom. The number of thiophene rings is 1. The van der Waals surface area contributed by atoms with Gasteiger partial charge in [-0.15, -0.1) is 11.3 Å². The van der Waals surface area contributed by atoms with E-state index in [1.54, 1.807) is 17.5 Å². The lowest BCUT2D eigenvalue weighted by molar-refractivity contribution is -0.117. The standard InChI is InChI=1S/C7H7NO2S/c8-7(10)4-5(9)6-2-1-3-11-6/h1-3H,4H2,(H2,8,10). The van der Waals surface area contributed by atoms with Crippen molar-refractivity contribution in [3.63, 3.8) is 0 Å². The number of carbonyl (C=O) groups is 2. The normalized spacial score (nSPS) is 9.45. The molecule has 1 aromatic heterocycles. The van der Waals surface area contributed by atoms with Gasteiger partial charge in [-0.3, -0.25) is 9.59 Å². The Morgan fingerprint density at radius 3 is 2.73 bits per heavy atom. The molecule has 1 heterocycles. The van der Waals surface area contributed by atoms with Gasteiger partial charge in [-0.25, -0.2) is 0 Å². The quantitative estimate of drug-likeness (QED) is 0.537. The summed E-state index contributed by atoms with van der Waals surface area (Å²) in [5.41, 5.74) is 4.84. The fraction of sp³-hybridized carbons (Fsp3) is 0.143. The smallest absolute Gasteiger partial charge is 0.225 e. The van der Waals surface area contributed by atoms with Gasteiger partial charge in [-0.1, -0.05) is 6.07 Å². The number of nitrogens with two attached hydrogens (primary N) is 1. The number of hydrogen-bond donors (Lipinski definition) is 1. The van der Waals surface area contributed by atoms with Crippen molar-refractivity contribution < 1.29 is 9.59 Å². The Balaban J connectivity index is 2.64. The molecule has 0 saturated carbocycles. The van der Waals surface area contributed by atoms with Gasteiger partial charge in [0.05, 0.1) is 11.3 Å². The van der Waals surface area contributed by atoms with Crippen molar-refractivity contribution in [1.82, 2.24) is 0 Å². The van der Waals surface area contributed by atoms with Gasteiger partial charge in [0.15, 0.2) is 5.78 Å². The lowest BCUT2D eigenvalue weighted by atomic mass is 10.2. The Kier molecular flexibility index (Phi) is 2.38. The van der Waals surface area contributed by atoms with Crippen molar-refractivity contribution in [2.75, 3.05) is 0 Å². The molecule has 58 valence electrons. The number of ketones is 1. The van der Waals surface area contributed by atoms with E-state index >= 15 is 0 Å². The van der Waals surface area contributed by atoms with Crippen LogP contribution in [0, 0.1) is 0 Å². The van der Waals surface area contributed by atoms with Crippen LogP contribution in [-0.2, 0) is 4.79 Å². The van der Waals surface area contributed by atoms with Gasteiger partial charge < -0.3 is 5.73 Å². The maximum Gasteiger partial charge on any atom is 0.225 e. The predicted octanol–water partition coefficient (Wildman–Crippen LogP) is 0.806. The zero-order valence-corrected chi connectivity index (χ0v) is 6.56. The lowest BCUT2D eigenvalue weighted by Gasteiger charge is -1.90. The van der Waals surface area contributed by atoms with Crippen LogP contribution in [0.4, 0.5) is 0 Å². The van der Waals surface area contributed by atoms with Crippen LogP contribution < -0.4 is 5.73 Å². The van der Waals surface area contributed by atoms with Crippen molar-refractivity contribution in [3.05, 3.63) is 22.4 Å². The minimum Gasteiger partial charge on any atom is -0.369 e. The molecular formula is C7H7NO2S. The Bertz CT molecular complexity index is 266. The van der Waals surface area contributed by atoms with Crippen molar-refractivity contribution >= 4 is 23.0 Å². The second-order valence-corrected chi connectivity index (χ2v) is 2.99. The average Bonchev–Trinajstić information content (AvgIpc) is 2.35. The number of primary amides is 1. The summed E-state index contributed by atoms with van der Waals surface area (Å²) in [6, 6.07) is 3.44.